The predicted molar refractivity (Wildman–Crippen MR) is 87.3 cm³/mol. The van der Waals surface area contributed by atoms with Gasteiger partial charge in [0.1, 0.15) is 0 Å². The molecule has 6 nitrogen and oxygen atoms in total. The van der Waals surface area contributed by atoms with Crippen LogP contribution in [0, 0.1) is 0 Å². The van der Waals surface area contributed by atoms with Gasteiger partial charge in [0.15, 0.2) is 0 Å². The van der Waals surface area contributed by atoms with Gasteiger partial charge in [0.25, 0.3) is 5.85 Å². The summed E-state index contributed by atoms with van der Waals surface area (Å²) in [6.07, 6.45) is -1.01. The van der Waals surface area contributed by atoms with Crippen LogP contribution >= 0.6 is 54.0 Å². The molecule has 1 amide bonds. The van der Waals surface area contributed by atoms with Crippen molar-refractivity contribution in [3.8, 4) is 0 Å². The van der Waals surface area contributed by atoms with Crippen LogP contribution in [0.3, 0.4) is 0 Å². The summed E-state index contributed by atoms with van der Waals surface area (Å²) in [5.74, 6) is -1.76. The molecule has 124 valence electrons. The Hall–Kier alpha value is -0.200. The van der Waals surface area contributed by atoms with E-state index in [-0.39, 0.29) is 0 Å². The van der Waals surface area contributed by atoms with E-state index in [1.165, 1.54) is 12.1 Å². The lowest BCUT2D eigenvalue weighted by Crippen LogP contribution is -2.34. The van der Waals surface area contributed by atoms with Crippen LogP contribution in [0.25, 0.3) is 0 Å². The van der Waals surface area contributed by atoms with Crippen LogP contribution in [0.2, 0.25) is 5.02 Å². The second kappa shape index (κ2) is 8.06. The molecule has 0 heterocycles. The summed E-state index contributed by atoms with van der Waals surface area (Å²) in [4.78, 5) is 11.9. The maximum atomic E-state index is 12.3. The maximum absolute atomic E-state index is 12.3. The molecule has 1 rings (SSSR count). The number of hydrogen-bond donors (Lipinski definition) is 1. The minimum Gasteiger partial charge on any atom is -0.428 e. The predicted octanol–water partition coefficient (Wildman–Crippen LogP) is 5.07. The Labute approximate surface area is 147 Å². The van der Waals surface area contributed by atoms with Gasteiger partial charge >= 0.3 is 13.7 Å². The zero-order valence-electron chi connectivity index (χ0n) is 11.4. The molecule has 0 spiro atoms. The molecule has 0 aliphatic carbocycles. The van der Waals surface area contributed by atoms with Crippen molar-refractivity contribution in [1.82, 2.24) is 0 Å². The molecule has 1 unspecified atom stereocenters. The van der Waals surface area contributed by atoms with Gasteiger partial charge in [0.2, 0.25) is 3.79 Å². The van der Waals surface area contributed by atoms with Crippen molar-refractivity contribution in [2.45, 2.75) is 9.64 Å². The largest absolute Gasteiger partial charge is 0.428 e. The van der Waals surface area contributed by atoms with Crippen LogP contribution in [-0.2, 0) is 18.3 Å². The quantitative estimate of drug-likeness (QED) is 0.541. The second-order valence-electron chi connectivity index (χ2n) is 3.84. The van der Waals surface area contributed by atoms with Crippen LogP contribution in [0.1, 0.15) is 0 Å². The van der Waals surface area contributed by atoms with E-state index in [0.29, 0.717) is 10.7 Å². The lowest BCUT2D eigenvalue weighted by molar-refractivity contribution is 0.124. The van der Waals surface area contributed by atoms with Crippen LogP contribution in [0.15, 0.2) is 24.3 Å². The maximum Gasteiger partial charge on any atom is 0.412 e. The number of alkyl halides is 3. The number of hydrogen-bond acceptors (Lipinski definition) is 5. The molecular formula is C11H12Cl4NO5P. The minimum absolute atomic E-state index is 0.377. The summed E-state index contributed by atoms with van der Waals surface area (Å²) in [6.45, 7) is 0. The number of nitrogens with one attached hydrogen (secondary N) is 1. The first-order valence-electron chi connectivity index (χ1n) is 5.63. The summed E-state index contributed by atoms with van der Waals surface area (Å²) in [5, 5.41) is 2.85. The average molecular weight is 411 g/mol. The molecule has 11 heteroatoms. The van der Waals surface area contributed by atoms with E-state index in [1.807, 2.05) is 0 Å². The van der Waals surface area contributed by atoms with Gasteiger partial charge in [0.05, 0.1) is 0 Å². The van der Waals surface area contributed by atoms with E-state index in [2.05, 4.69) is 5.32 Å². The first-order valence-corrected chi connectivity index (χ1v) is 8.76. The number of carbonyl (C=O) groups is 1. The fourth-order valence-electron chi connectivity index (χ4n) is 1.36. The highest BCUT2D eigenvalue weighted by molar-refractivity contribution is 7.55. The number of amides is 1. The fourth-order valence-corrected chi connectivity index (χ4v) is 3.81. The summed E-state index contributed by atoms with van der Waals surface area (Å²) in [6, 6.07) is 6.16. The van der Waals surface area contributed by atoms with E-state index in [4.69, 9.17) is 60.2 Å². The first-order chi connectivity index (χ1) is 10.1. The molecule has 0 fully saturated rings. The molecule has 0 aliphatic heterocycles. The highest BCUT2D eigenvalue weighted by Gasteiger charge is 2.51. The molecule has 1 aromatic carbocycles. The molecule has 0 bridgehead atoms. The van der Waals surface area contributed by atoms with Crippen molar-refractivity contribution >= 4 is 65.8 Å². The van der Waals surface area contributed by atoms with E-state index < -0.39 is 23.3 Å². The summed E-state index contributed by atoms with van der Waals surface area (Å²) >= 11 is 22.8. The molecule has 1 aromatic rings. The number of ether oxygens (including phenoxy) is 1. The number of benzene rings is 1. The van der Waals surface area contributed by atoms with E-state index >= 15 is 0 Å². The molecule has 0 aliphatic rings. The van der Waals surface area contributed by atoms with Gasteiger partial charge in [0, 0.05) is 24.9 Å². The third kappa shape index (κ3) is 5.46. The number of anilines is 1. The molecule has 0 saturated heterocycles. The summed E-state index contributed by atoms with van der Waals surface area (Å²) in [5.41, 5.74) is 0.377. The normalized spacial score (nSPS) is 13.5. The monoisotopic (exact) mass is 409 g/mol. The van der Waals surface area contributed by atoms with Crippen LogP contribution in [0.5, 0.6) is 0 Å². The third-order valence-corrected chi connectivity index (χ3v) is 5.77. The van der Waals surface area contributed by atoms with Gasteiger partial charge in [-0.15, -0.1) is 0 Å². The van der Waals surface area contributed by atoms with Gasteiger partial charge in [-0.1, -0.05) is 46.4 Å². The van der Waals surface area contributed by atoms with Crippen molar-refractivity contribution in [2.75, 3.05) is 19.5 Å². The minimum atomic E-state index is -3.98. The summed E-state index contributed by atoms with van der Waals surface area (Å²) < 4.78 is 24.4. The Morgan fingerprint density at radius 2 is 1.68 bits per heavy atom. The highest BCUT2D eigenvalue weighted by atomic mass is 35.6. The Kier molecular flexibility index (Phi) is 7.27. The van der Waals surface area contributed by atoms with Crippen LogP contribution < -0.4 is 5.32 Å². The lowest BCUT2D eigenvalue weighted by atomic mass is 10.3. The molecule has 0 radical (unpaired) electrons. The Morgan fingerprint density at radius 1 is 1.18 bits per heavy atom. The highest BCUT2D eigenvalue weighted by Crippen LogP contribution is 2.59. The number of carbonyl (C=O) groups excluding carboxylic acids is 1. The van der Waals surface area contributed by atoms with Gasteiger partial charge < -0.3 is 13.8 Å². The molecular weight excluding hydrogens is 399 g/mol. The second-order valence-corrected chi connectivity index (χ2v) is 8.92. The Balaban J connectivity index is 2.88. The van der Waals surface area contributed by atoms with Crippen molar-refractivity contribution in [3.63, 3.8) is 0 Å². The van der Waals surface area contributed by atoms with Crippen molar-refractivity contribution < 1.29 is 23.1 Å². The molecule has 0 saturated carbocycles. The average Bonchev–Trinajstić information content (AvgIpc) is 2.45. The first kappa shape index (κ1) is 19.8. The number of halogens is 4. The fraction of sp³-hybridized carbons (Fsp3) is 0.364. The molecule has 1 atom stereocenters. The van der Waals surface area contributed by atoms with Gasteiger partial charge in [-0.3, -0.25) is 9.88 Å². The standard InChI is InChI=1S/C11H12Cl4NO5P/c1-19-22(18,20-2)9(11(13,14)15)21-10(17)16-8-5-3-7(12)4-6-8/h3-6,9H,1-2H3,(H,16,17). The van der Waals surface area contributed by atoms with Gasteiger partial charge in [-0.25, -0.2) is 4.79 Å². The summed E-state index contributed by atoms with van der Waals surface area (Å²) in [7, 11) is -1.82. The third-order valence-electron chi connectivity index (χ3n) is 2.39. The Bertz CT molecular complexity index is 555. The topological polar surface area (TPSA) is 73.9 Å². The van der Waals surface area contributed by atoms with E-state index in [0.717, 1.165) is 14.2 Å². The van der Waals surface area contributed by atoms with E-state index in [1.54, 1.807) is 12.1 Å². The van der Waals surface area contributed by atoms with Crippen LogP contribution in [-0.4, -0.2) is 30.0 Å². The zero-order chi connectivity index (χ0) is 17.0. The van der Waals surface area contributed by atoms with Gasteiger partial charge in [-0.05, 0) is 24.3 Å². The smallest absolute Gasteiger partial charge is 0.412 e. The zero-order valence-corrected chi connectivity index (χ0v) is 15.3. The van der Waals surface area contributed by atoms with E-state index in [9.17, 15) is 9.36 Å². The molecule has 1 N–H and O–H groups in total. The molecule has 0 aromatic heterocycles. The lowest BCUT2D eigenvalue weighted by Gasteiger charge is -2.28. The van der Waals surface area contributed by atoms with Gasteiger partial charge in [-0.2, -0.15) is 0 Å². The van der Waals surface area contributed by atoms with Crippen LogP contribution in [0.4, 0.5) is 10.5 Å². The number of rotatable bonds is 5. The van der Waals surface area contributed by atoms with Crippen molar-refractivity contribution in [1.29, 1.82) is 0 Å². The Morgan fingerprint density at radius 3 is 2.09 bits per heavy atom. The molecule has 22 heavy (non-hydrogen) atoms. The van der Waals surface area contributed by atoms with Crippen molar-refractivity contribution in [2.24, 2.45) is 0 Å². The SMILES string of the molecule is COP(=O)(OC)C(OC(=O)Nc1ccc(Cl)cc1)C(Cl)(Cl)Cl. The van der Waals surface area contributed by atoms with Crippen molar-refractivity contribution in [3.05, 3.63) is 29.3 Å².